The average molecular weight is 385 g/mol. The molecule has 3 aliphatic heterocycles. The molecule has 3 aliphatic rings. The number of amides is 1. The number of esters is 1. The summed E-state index contributed by atoms with van der Waals surface area (Å²) in [5.74, 6) is 0.265. The summed E-state index contributed by atoms with van der Waals surface area (Å²) in [6.07, 6.45) is 5.18. The van der Waals surface area contributed by atoms with Gasteiger partial charge in [-0.2, -0.15) is 0 Å². The minimum Gasteiger partial charge on any atom is -0.465 e. The molecule has 0 unspecified atom stereocenters. The van der Waals surface area contributed by atoms with Crippen molar-refractivity contribution in [2.45, 2.75) is 57.5 Å². The molecule has 3 saturated heterocycles. The summed E-state index contributed by atoms with van der Waals surface area (Å²) in [6.45, 7) is 4.21. The Morgan fingerprint density at radius 2 is 1.82 bits per heavy atom. The van der Waals surface area contributed by atoms with Gasteiger partial charge in [0.2, 0.25) is 5.91 Å². The molecule has 152 valence electrons. The number of benzene rings is 1. The molecule has 4 rings (SSSR count). The van der Waals surface area contributed by atoms with Gasteiger partial charge in [0.15, 0.2) is 0 Å². The standard InChI is InChI=1S/C23H32N2O3/c1-3-28-22(27)23(15-17-7-5-4-6-8-17)16-19-9-10-20(23)25(19)21(26)18-11-13-24(2)14-12-18/h4-8,18-20H,3,9-16H2,1-2H3/t19-,20+,23+/m1/s1. The van der Waals surface area contributed by atoms with Gasteiger partial charge in [-0.1, -0.05) is 30.3 Å². The first-order valence-corrected chi connectivity index (χ1v) is 10.8. The fourth-order valence-electron chi connectivity index (χ4n) is 5.70. The number of nitrogens with zero attached hydrogens (tertiary/aromatic N) is 2. The van der Waals surface area contributed by atoms with E-state index in [1.807, 2.05) is 25.1 Å². The molecule has 3 fully saturated rings. The number of likely N-dealkylation sites (tertiary alicyclic amines) is 1. The third-order valence-corrected chi connectivity index (χ3v) is 7.11. The second-order valence-corrected chi connectivity index (χ2v) is 8.81. The first-order chi connectivity index (χ1) is 13.5. The van der Waals surface area contributed by atoms with E-state index in [2.05, 4.69) is 29.0 Å². The second kappa shape index (κ2) is 7.86. The summed E-state index contributed by atoms with van der Waals surface area (Å²) in [6, 6.07) is 10.4. The molecular weight excluding hydrogens is 352 g/mol. The van der Waals surface area contributed by atoms with E-state index in [4.69, 9.17) is 4.74 Å². The fraction of sp³-hybridized carbons (Fsp3) is 0.652. The van der Waals surface area contributed by atoms with Crippen LogP contribution in [-0.4, -0.2) is 60.5 Å². The van der Waals surface area contributed by atoms with Crippen molar-refractivity contribution in [3.8, 4) is 0 Å². The van der Waals surface area contributed by atoms with Crippen molar-refractivity contribution >= 4 is 11.9 Å². The molecule has 0 radical (unpaired) electrons. The third-order valence-electron chi connectivity index (χ3n) is 7.11. The Morgan fingerprint density at radius 1 is 1.11 bits per heavy atom. The van der Waals surface area contributed by atoms with Crippen LogP contribution in [-0.2, 0) is 20.7 Å². The van der Waals surface area contributed by atoms with Gasteiger partial charge in [-0.05, 0) is 71.1 Å². The van der Waals surface area contributed by atoms with Gasteiger partial charge in [-0.15, -0.1) is 0 Å². The summed E-state index contributed by atoms with van der Waals surface area (Å²) >= 11 is 0. The van der Waals surface area contributed by atoms with E-state index in [9.17, 15) is 9.59 Å². The van der Waals surface area contributed by atoms with Gasteiger partial charge in [-0.25, -0.2) is 0 Å². The van der Waals surface area contributed by atoms with Crippen LogP contribution >= 0.6 is 0 Å². The zero-order chi connectivity index (χ0) is 19.7. The molecule has 0 spiro atoms. The molecule has 5 heteroatoms. The fourth-order valence-corrected chi connectivity index (χ4v) is 5.70. The molecule has 1 aromatic rings. The van der Waals surface area contributed by atoms with Crippen LogP contribution in [0.4, 0.5) is 0 Å². The summed E-state index contributed by atoms with van der Waals surface area (Å²) < 4.78 is 5.56. The highest BCUT2D eigenvalue weighted by Crippen LogP contribution is 2.53. The minimum atomic E-state index is -0.596. The quantitative estimate of drug-likeness (QED) is 0.733. The van der Waals surface area contributed by atoms with Crippen molar-refractivity contribution in [2.24, 2.45) is 11.3 Å². The van der Waals surface area contributed by atoms with Gasteiger partial charge >= 0.3 is 5.97 Å². The lowest BCUT2D eigenvalue weighted by Crippen LogP contribution is -2.49. The number of fused-ring (bicyclic) bond motifs is 2. The van der Waals surface area contributed by atoms with Gasteiger partial charge in [0.05, 0.1) is 12.0 Å². The molecule has 1 aromatic carbocycles. The average Bonchev–Trinajstić information content (AvgIpc) is 3.25. The van der Waals surface area contributed by atoms with Crippen LogP contribution in [0.2, 0.25) is 0 Å². The topological polar surface area (TPSA) is 49.9 Å². The van der Waals surface area contributed by atoms with Gasteiger partial charge < -0.3 is 14.5 Å². The van der Waals surface area contributed by atoms with Crippen LogP contribution in [0.25, 0.3) is 0 Å². The number of carbonyl (C=O) groups is 2. The summed E-state index contributed by atoms with van der Waals surface area (Å²) in [5, 5.41) is 0. The van der Waals surface area contributed by atoms with Gasteiger partial charge in [0.25, 0.3) is 0 Å². The highest BCUT2D eigenvalue weighted by Gasteiger charge is 2.62. The number of rotatable bonds is 5. The first kappa shape index (κ1) is 19.4. The Bertz CT molecular complexity index is 714. The molecule has 0 aromatic heterocycles. The Labute approximate surface area is 168 Å². The lowest BCUT2D eigenvalue weighted by atomic mass is 9.70. The molecule has 3 heterocycles. The number of hydrogen-bond acceptors (Lipinski definition) is 4. The van der Waals surface area contributed by atoms with Crippen molar-refractivity contribution in [2.75, 3.05) is 26.7 Å². The van der Waals surface area contributed by atoms with Crippen molar-refractivity contribution in [3.05, 3.63) is 35.9 Å². The number of hydrogen-bond donors (Lipinski definition) is 0. The Morgan fingerprint density at radius 3 is 2.50 bits per heavy atom. The molecule has 28 heavy (non-hydrogen) atoms. The van der Waals surface area contributed by atoms with E-state index in [1.54, 1.807) is 0 Å². The van der Waals surface area contributed by atoms with Crippen LogP contribution in [0.5, 0.6) is 0 Å². The Balaban J connectivity index is 1.60. The van der Waals surface area contributed by atoms with Crippen LogP contribution in [0.3, 0.4) is 0 Å². The van der Waals surface area contributed by atoms with E-state index >= 15 is 0 Å². The maximum absolute atomic E-state index is 13.4. The zero-order valence-corrected chi connectivity index (χ0v) is 17.1. The molecule has 5 nitrogen and oxygen atoms in total. The molecule has 0 N–H and O–H groups in total. The molecule has 3 atom stereocenters. The van der Waals surface area contributed by atoms with Crippen LogP contribution in [0, 0.1) is 11.3 Å². The zero-order valence-electron chi connectivity index (χ0n) is 17.1. The number of carbonyl (C=O) groups excluding carboxylic acids is 2. The van der Waals surface area contributed by atoms with Crippen molar-refractivity contribution in [1.82, 2.24) is 9.80 Å². The lowest BCUT2D eigenvalue weighted by molar-refractivity contribution is -0.158. The highest BCUT2D eigenvalue weighted by atomic mass is 16.5. The molecule has 2 bridgehead atoms. The van der Waals surface area contributed by atoms with Gasteiger partial charge in [0.1, 0.15) is 0 Å². The number of ether oxygens (including phenoxy) is 1. The van der Waals surface area contributed by atoms with Crippen molar-refractivity contribution in [3.63, 3.8) is 0 Å². The summed E-state index contributed by atoms with van der Waals surface area (Å²) in [7, 11) is 2.12. The monoisotopic (exact) mass is 384 g/mol. The van der Waals surface area contributed by atoms with E-state index in [0.717, 1.165) is 50.8 Å². The predicted octanol–water partition coefficient (Wildman–Crippen LogP) is 2.88. The van der Waals surface area contributed by atoms with Gasteiger partial charge in [-0.3, -0.25) is 9.59 Å². The van der Waals surface area contributed by atoms with E-state index in [-0.39, 0.29) is 29.9 Å². The Kier molecular flexibility index (Phi) is 5.46. The molecule has 0 aliphatic carbocycles. The predicted molar refractivity (Wildman–Crippen MR) is 108 cm³/mol. The lowest BCUT2D eigenvalue weighted by Gasteiger charge is -2.37. The van der Waals surface area contributed by atoms with Crippen LogP contribution in [0.1, 0.15) is 44.6 Å². The van der Waals surface area contributed by atoms with Crippen molar-refractivity contribution < 1.29 is 14.3 Å². The number of piperidine rings is 1. The molecule has 0 saturated carbocycles. The van der Waals surface area contributed by atoms with Crippen molar-refractivity contribution in [1.29, 1.82) is 0 Å². The molecular formula is C23H32N2O3. The maximum atomic E-state index is 13.4. The maximum Gasteiger partial charge on any atom is 0.314 e. The SMILES string of the molecule is CCOC(=O)[C@@]1(Cc2ccccc2)C[C@H]2CC[C@@H]1N2C(=O)C1CCN(C)CC1. The molecule has 1 amide bonds. The van der Waals surface area contributed by atoms with Crippen LogP contribution in [0.15, 0.2) is 30.3 Å². The minimum absolute atomic E-state index is 0.0242. The third kappa shape index (κ3) is 3.34. The van der Waals surface area contributed by atoms with E-state index in [1.165, 1.54) is 0 Å². The largest absolute Gasteiger partial charge is 0.465 e. The first-order valence-electron chi connectivity index (χ1n) is 10.8. The summed E-state index contributed by atoms with van der Waals surface area (Å²) in [5.41, 5.74) is 0.552. The second-order valence-electron chi connectivity index (χ2n) is 8.81. The highest BCUT2D eigenvalue weighted by molar-refractivity contribution is 5.85. The van der Waals surface area contributed by atoms with E-state index < -0.39 is 5.41 Å². The van der Waals surface area contributed by atoms with Gasteiger partial charge in [0, 0.05) is 18.0 Å². The van der Waals surface area contributed by atoms with E-state index in [0.29, 0.717) is 13.0 Å². The Hall–Kier alpha value is -1.88. The summed E-state index contributed by atoms with van der Waals surface area (Å²) in [4.78, 5) is 31.0. The van der Waals surface area contributed by atoms with Crippen LogP contribution < -0.4 is 0 Å². The normalized spacial score (nSPS) is 30.6. The smallest absolute Gasteiger partial charge is 0.314 e.